The Morgan fingerprint density at radius 3 is 2.07 bits per heavy atom. The normalized spacial score (nSPS) is 13.8. The van der Waals surface area contributed by atoms with Crippen LogP contribution in [0.15, 0.2) is 0 Å². The van der Waals surface area contributed by atoms with E-state index < -0.39 is 36.3 Å². The molecule has 8 nitrogen and oxygen atoms in total. The van der Waals surface area contributed by atoms with Crippen LogP contribution in [0.4, 0.5) is 4.79 Å². The van der Waals surface area contributed by atoms with Crippen LogP contribution in [0.1, 0.15) is 68.2 Å². The zero-order valence-corrected chi connectivity index (χ0v) is 18.7. The van der Waals surface area contributed by atoms with Crippen molar-refractivity contribution in [1.29, 1.82) is 0 Å². The van der Waals surface area contributed by atoms with Gasteiger partial charge in [0.15, 0.2) is 0 Å². The minimum Gasteiger partial charge on any atom is -0.444 e. The monoisotopic (exact) mass is 401 g/mol. The van der Waals surface area contributed by atoms with E-state index in [2.05, 4.69) is 10.6 Å². The Kier molecular flexibility index (Phi) is 11.1. The molecule has 2 atom stereocenters. The van der Waals surface area contributed by atoms with Gasteiger partial charge in [-0.3, -0.25) is 9.59 Å². The highest BCUT2D eigenvalue weighted by molar-refractivity contribution is 5.91. The second-order valence-electron chi connectivity index (χ2n) is 8.55. The van der Waals surface area contributed by atoms with Gasteiger partial charge < -0.3 is 25.4 Å². The number of unbranched alkanes of at least 4 members (excludes halogenated alkanes) is 1. The summed E-state index contributed by atoms with van der Waals surface area (Å²) in [5, 5.41) is 15.0. The van der Waals surface area contributed by atoms with Gasteiger partial charge in [0, 0.05) is 12.6 Å². The molecule has 0 aliphatic heterocycles. The molecule has 2 unspecified atom stereocenters. The van der Waals surface area contributed by atoms with Gasteiger partial charge in [0.05, 0.1) is 6.61 Å². The predicted molar refractivity (Wildman–Crippen MR) is 109 cm³/mol. The van der Waals surface area contributed by atoms with E-state index in [-0.39, 0.29) is 17.9 Å². The summed E-state index contributed by atoms with van der Waals surface area (Å²) >= 11 is 0. The summed E-state index contributed by atoms with van der Waals surface area (Å²) in [6.07, 6.45) is 1.01. The van der Waals surface area contributed by atoms with E-state index >= 15 is 0 Å². The maximum absolute atomic E-state index is 13.1. The molecule has 0 aromatic rings. The number of hydrogen-bond donors (Lipinski definition) is 3. The number of amides is 3. The van der Waals surface area contributed by atoms with E-state index in [1.165, 1.54) is 4.90 Å². The molecule has 0 spiro atoms. The zero-order chi connectivity index (χ0) is 22.1. The van der Waals surface area contributed by atoms with Crippen molar-refractivity contribution in [3.05, 3.63) is 0 Å². The van der Waals surface area contributed by atoms with Crippen molar-refractivity contribution in [1.82, 2.24) is 15.5 Å². The number of aliphatic hydroxyl groups excluding tert-OH is 1. The van der Waals surface area contributed by atoms with Gasteiger partial charge in [0.2, 0.25) is 11.8 Å². The minimum absolute atomic E-state index is 0.145. The van der Waals surface area contributed by atoms with Gasteiger partial charge in [-0.2, -0.15) is 0 Å². The summed E-state index contributed by atoms with van der Waals surface area (Å²) < 4.78 is 5.17. The number of carbonyl (C=O) groups excluding carboxylic acids is 3. The van der Waals surface area contributed by atoms with Crippen LogP contribution in [0.2, 0.25) is 0 Å². The van der Waals surface area contributed by atoms with E-state index in [9.17, 15) is 19.5 Å². The molecule has 0 fully saturated rings. The Balaban J connectivity index is 5.48. The third-order valence-electron chi connectivity index (χ3n) is 4.01. The van der Waals surface area contributed by atoms with Gasteiger partial charge in [0.25, 0.3) is 0 Å². The van der Waals surface area contributed by atoms with Crippen LogP contribution in [0.5, 0.6) is 0 Å². The quantitative estimate of drug-likeness (QED) is 0.486. The predicted octanol–water partition coefficient (Wildman–Crippen LogP) is 2.05. The van der Waals surface area contributed by atoms with Crippen LogP contribution in [-0.4, -0.2) is 64.8 Å². The van der Waals surface area contributed by atoms with E-state index in [4.69, 9.17) is 4.74 Å². The summed E-state index contributed by atoms with van der Waals surface area (Å²) in [4.78, 5) is 39.3. The molecule has 3 N–H and O–H groups in total. The van der Waals surface area contributed by atoms with Crippen molar-refractivity contribution in [3.63, 3.8) is 0 Å². The fraction of sp³-hybridized carbons (Fsp3) is 0.850. The first-order valence-corrected chi connectivity index (χ1v) is 10.1. The topological polar surface area (TPSA) is 108 Å². The Morgan fingerprint density at radius 2 is 1.68 bits per heavy atom. The Labute approximate surface area is 169 Å². The molecule has 28 heavy (non-hydrogen) atoms. The largest absolute Gasteiger partial charge is 0.444 e. The lowest BCUT2D eigenvalue weighted by Gasteiger charge is -2.38. The summed E-state index contributed by atoms with van der Waals surface area (Å²) in [6, 6.07) is -2.20. The summed E-state index contributed by atoms with van der Waals surface area (Å²) in [7, 11) is 0. The molecule has 0 rings (SSSR count). The van der Waals surface area contributed by atoms with Crippen LogP contribution in [0.25, 0.3) is 0 Å². The number of ether oxygens (including phenoxy) is 1. The molecule has 8 heteroatoms. The Hall–Kier alpha value is -1.83. The Bertz CT molecular complexity index is 514. The lowest BCUT2D eigenvalue weighted by molar-refractivity contribution is -0.146. The Morgan fingerprint density at radius 1 is 1.11 bits per heavy atom. The van der Waals surface area contributed by atoms with Crippen molar-refractivity contribution in [2.75, 3.05) is 13.2 Å². The van der Waals surface area contributed by atoms with E-state index in [0.29, 0.717) is 6.54 Å². The maximum atomic E-state index is 13.1. The lowest BCUT2D eigenvalue weighted by Crippen LogP contribution is -2.60. The van der Waals surface area contributed by atoms with Crippen LogP contribution >= 0.6 is 0 Å². The maximum Gasteiger partial charge on any atom is 0.408 e. The molecule has 0 bridgehead atoms. The molecule has 0 aliphatic rings. The molecule has 0 saturated carbocycles. The van der Waals surface area contributed by atoms with Gasteiger partial charge in [-0.05, 0) is 47.0 Å². The number of rotatable bonds is 10. The minimum atomic E-state index is -1.19. The van der Waals surface area contributed by atoms with Gasteiger partial charge in [-0.15, -0.1) is 0 Å². The molecule has 0 saturated heterocycles. The first-order chi connectivity index (χ1) is 12.9. The molecule has 0 aromatic heterocycles. The van der Waals surface area contributed by atoms with Gasteiger partial charge >= 0.3 is 6.09 Å². The van der Waals surface area contributed by atoms with Crippen LogP contribution in [-0.2, 0) is 14.3 Å². The van der Waals surface area contributed by atoms with E-state index in [1.807, 2.05) is 20.8 Å². The zero-order valence-electron chi connectivity index (χ0n) is 18.7. The van der Waals surface area contributed by atoms with E-state index in [0.717, 1.165) is 12.8 Å². The van der Waals surface area contributed by atoms with Crippen molar-refractivity contribution in [2.45, 2.75) is 92.0 Å². The van der Waals surface area contributed by atoms with E-state index in [1.54, 1.807) is 34.6 Å². The van der Waals surface area contributed by atoms with Gasteiger partial charge in [-0.1, -0.05) is 27.2 Å². The second kappa shape index (κ2) is 11.9. The number of carbonyl (C=O) groups is 3. The standard InChI is InChI=1S/C20H39N3O5/c1-9-10-11-21-17(25)16(13(2)3)23(14(4)5)18(26)15(12-24)22-19(27)28-20(6,7)8/h13-16,24H,9-12H2,1-8H3,(H,21,25)(H,22,27). The number of nitrogens with zero attached hydrogens (tertiary/aromatic N) is 1. The molecule has 0 aromatic carbocycles. The highest BCUT2D eigenvalue weighted by Gasteiger charge is 2.38. The van der Waals surface area contributed by atoms with Crippen LogP contribution in [0.3, 0.4) is 0 Å². The van der Waals surface area contributed by atoms with Gasteiger partial charge in [-0.25, -0.2) is 4.79 Å². The number of nitrogens with one attached hydrogen (secondary N) is 2. The first-order valence-electron chi connectivity index (χ1n) is 10.1. The third-order valence-corrected chi connectivity index (χ3v) is 4.01. The highest BCUT2D eigenvalue weighted by Crippen LogP contribution is 2.17. The van der Waals surface area contributed by atoms with Crippen molar-refractivity contribution in [3.8, 4) is 0 Å². The summed E-state index contributed by atoms with van der Waals surface area (Å²) in [5.74, 6) is -0.902. The number of alkyl carbamates (subject to hydrolysis) is 1. The smallest absolute Gasteiger partial charge is 0.408 e. The average Bonchev–Trinajstić information content (AvgIpc) is 2.54. The molecular formula is C20H39N3O5. The highest BCUT2D eigenvalue weighted by atomic mass is 16.6. The lowest BCUT2D eigenvalue weighted by atomic mass is 9.98. The van der Waals surface area contributed by atoms with Crippen LogP contribution in [0, 0.1) is 5.92 Å². The molecule has 0 aliphatic carbocycles. The number of hydrogen-bond acceptors (Lipinski definition) is 5. The van der Waals surface area contributed by atoms with Crippen LogP contribution < -0.4 is 10.6 Å². The summed E-state index contributed by atoms with van der Waals surface area (Å²) in [6.45, 7) is 14.4. The fourth-order valence-corrected chi connectivity index (χ4v) is 2.77. The van der Waals surface area contributed by atoms with Crippen molar-refractivity contribution < 1.29 is 24.2 Å². The molecule has 164 valence electrons. The van der Waals surface area contributed by atoms with Gasteiger partial charge in [0.1, 0.15) is 17.7 Å². The second-order valence-corrected chi connectivity index (χ2v) is 8.55. The average molecular weight is 402 g/mol. The number of aliphatic hydroxyl groups is 1. The molecular weight excluding hydrogens is 362 g/mol. The fourth-order valence-electron chi connectivity index (χ4n) is 2.77. The molecule has 3 amide bonds. The van der Waals surface area contributed by atoms with Crippen molar-refractivity contribution >= 4 is 17.9 Å². The third kappa shape index (κ3) is 8.91. The summed E-state index contributed by atoms with van der Waals surface area (Å²) in [5.41, 5.74) is -0.732. The molecule has 0 heterocycles. The van der Waals surface area contributed by atoms with Crippen molar-refractivity contribution in [2.24, 2.45) is 5.92 Å². The first kappa shape index (κ1) is 26.2. The SMILES string of the molecule is CCCCNC(=O)C(C(C)C)N(C(=O)C(CO)NC(=O)OC(C)(C)C)C(C)C. The molecule has 0 radical (unpaired) electrons.